The van der Waals surface area contributed by atoms with Gasteiger partial charge in [0, 0.05) is 12.6 Å². The van der Waals surface area contributed by atoms with Gasteiger partial charge in [-0.05, 0) is 60.9 Å². The maximum absolute atomic E-state index is 6.20. The first kappa shape index (κ1) is 14.2. The molecule has 3 atom stereocenters. The maximum atomic E-state index is 6.20. The van der Waals surface area contributed by atoms with Crippen molar-refractivity contribution < 1.29 is 4.74 Å². The van der Waals surface area contributed by atoms with E-state index in [9.17, 15) is 0 Å². The van der Waals surface area contributed by atoms with Crippen LogP contribution in [0.2, 0.25) is 0 Å². The van der Waals surface area contributed by atoms with Crippen molar-refractivity contribution in [2.75, 3.05) is 18.1 Å². The molecular weight excluding hydrogens is 256 g/mol. The molecule has 0 bridgehead atoms. The molecule has 3 fully saturated rings. The van der Waals surface area contributed by atoms with Gasteiger partial charge in [0.25, 0.3) is 0 Å². The quantitative estimate of drug-likeness (QED) is 0.618. The first-order chi connectivity index (χ1) is 9.06. The number of nitrogens with one attached hydrogen (secondary N) is 1. The highest BCUT2D eigenvalue weighted by Crippen LogP contribution is 2.56. The summed E-state index contributed by atoms with van der Waals surface area (Å²) in [5, 5.41) is 0. The normalized spacial score (nSPS) is 38.1. The zero-order chi connectivity index (χ0) is 13.5. The third-order valence-electron chi connectivity index (χ3n) is 5.66. The Kier molecular flexibility index (Phi) is 3.89. The summed E-state index contributed by atoms with van der Waals surface area (Å²) in [5.41, 5.74) is 3.82. The molecule has 1 spiro atoms. The van der Waals surface area contributed by atoms with E-state index in [2.05, 4.69) is 31.0 Å². The lowest BCUT2D eigenvalue weighted by atomic mass is 9.77. The number of ether oxygens (including phenoxy) is 1. The predicted octanol–water partition coefficient (Wildman–Crippen LogP) is 2.56. The molecule has 0 aromatic rings. The smallest absolute Gasteiger partial charge is 0.0701 e. The Hall–Kier alpha value is 0.230. The second-order valence-corrected chi connectivity index (χ2v) is 8.61. The zero-order valence-corrected chi connectivity index (χ0v) is 13.1. The van der Waals surface area contributed by atoms with Gasteiger partial charge in [0.15, 0.2) is 0 Å². The van der Waals surface area contributed by atoms with E-state index in [0.29, 0.717) is 17.4 Å². The third-order valence-corrected chi connectivity index (χ3v) is 6.64. The summed E-state index contributed by atoms with van der Waals surface area (Å²) in [4.78, 5) is 0. The molecule has 3 N–H and O–H groups in total. The highest BCUT2D eigenvalue weighted by atomic mass is 32.2. The van der Waals surface area contributed by atoms with Crippen molar-refractivity contribution in [3.05, 3.63) is 0 Å². The fourth-order valence-electron chi connectivity index (χ4n) is 4.17. The molecule has 1 saturated carbocycles. The van der Waals surface area contributed by atoms with Gasteiger partial charge in [0.1, 0.15) is 0 Å². The third kappa shape index (κ3) is 2.82. The minimum Gasteiger partial charge on any atom is -0.375 e. The summed E-state index contributed by atoms with van der Waals surface area (Å²) in [6, 6.07) is 0.491. The topological polar surface area (TPSA) is 47.3 Å². The summed E-state index contributed by atoms with van der Waals surface area (Å²) >= 11 is 2.08. The molecule has 19 heavy (non-hydrogen) atoms. The van der Waals surface area contributed by atoms with E-state index in [4.69, 9.17) is 10.6 Å². The van der Waals surface area contributed by atoms with Crippen molar-refractivity contribution in [3.8, 4) is 0 Å². The monoisotopic (exact) mass is 284 g/mol. The van der Waals surface area contributed by atoms with Crippen molar-refractivity contribution in [1.82, 2.24) is 5.43 Å². The van der Waals surface area contributed by atoms with E-state index < -0.39 is 0 Å². The molecule has 3 nitrogen and oxygen atoms in total. The molecule has 2 heterocycles. The summed E-state index contributed by atoms with van der Waals surface area (Å²) in [5.74, 6) is 9.88. The molecule has 3 aliphatic rings. The van der Waals surface area contributed by atoms with Crippen LogP contribution in [-0.2, 0) is 4.74 Å². The van der Waals surface area contributed by atoms with Crippen LogP contribution in [0.15, 0.2) is 0 Å². The number of hydrazine groups is 1. The van der Waals surface area contributed by atoms with E-state index in [0.717, 1.165) is 12.5 Å². The lowest BCUT2D eigenvalue weighted by molar-refractivity contribution is -0.108. The molecule has 3 rings (SSSR count). The zero-order valence-electron chi connectivity index (χ0n) is 12.3. The first-order valence-electron chi connectivity index (χ1n) is 7.74. The number of rotatable bonds is 3. The summed E-state index contributed by atoms with van der Waals surface area (Å²) < 4.78 is 6.20. The minimum atomic E-state index is 0.183. The fraction of sp³-hybridized carbons (Fsp3) is 1.00. The molecule has 1 aliphatic carbocycles. The second-order valence-electron chi connectivity index (χ2n) is 7.39. The molecule has 110 valence electrons. The van der Waals surface area contributed by atoms with Gasteiger partial charge in [0.05, 0.1) is 5.60 Å². The number of thioether (sulfide) groups is 1. The van der Waals surface area contributed by atoms with Gasteiger partial charge in [-0.1, -0.05) is 13.8 Å². The molecule has 0 aromatic carbocycles. The summed E-state index contributed by atoms with van der Waals surface area (Å²) in [6.45, 7) is 5.67. The van der Waals surface area contributed by atoms with Crippen LogP contribution in [0.25, 0.3) is 0 Å². The molecular formula is C15H28N2OS. The Balaban J connectivity index is 1.67. The van der Waals surface area contributed by atoms with Crippen LogP contribution in [-0.4, -0.2) is 29.8 Å². The van der Waals surface area contributed by atoms with Crippen LogP contribution in [0.5, 0.6) is 0 Å². The predicted molar refractivity (Wildman–Crippen MR) is 81.0 cm³/mol. The molecule has 2 saturated heterocycles. The minimum absolute atomic E-state index is 0.183. The van der Waals surface area contributed by atoms with E-state index >= 15 is 0 Å². The number of hydrogen-bond donors (Lipinski definition) is 2. The lowest BCUT2D eigenvalue weighted by Crippen LogP contribution is -2.51. The molecule has 0 radical (unpaired) electrons. The van der Waals surface area contributed by atoms with Gasteiger partial charge in [-0.25, -0.2) is 0 Å². The standard InChI is InChI=1S/C15H28N2OS/c1-14(2)10-12(14)13(17-16)11-3-6-18-15(9-11)4-7-19-8-5-15/h11-13,17H,3-10,16H2,1-2H3. The Labute approximate surface area is 121 Å². The first-order valence-corrected chi connectivity index (χ1v) is 8.90. The average Bonchev–Trinajstić information content (AvgIpc) is 3.00. The highest BCUT2D eigenvalue weighted by molar-refractivity contribution is 7.99. The van der Waals surface area contributed by atoms with Crippen LogP contribution < -0.4 is 11.3 Å². The van der Waals surface area contributed by atoms with Crippen LogP contribution in [0.4, 0.5) is 0 Å². The van der Waals surface area contributed by atoms with E-state index in [-0.39, 0.29) is 5.60 Å². The van der Waals surface area contributed by atoms with Crippen molar-refractivity contribution in [2.45, 2.75) is 57.6 Å². The van der Waals surface area contributed by atoms with Crippen molar-refractivity contribution in [2.24, 2.45) is 23.1 Å². The van der Waals surface area contributed by atoms with Crippen LogP contribution in [0.1, 0.15) is 46.0 Å². The van der Waals surface area contributed by atoms with Crippen molar-refractivity contribution in [3.63, 3.8) is 0 Å². The summed E-state index contributed by atoms with van der Waals surface area (Å²) in [6.07, 6.45) is 6.19. The van der Waals surface area contributed by atoms with E-state index in [1.807, 2.05) is 0 Å². The molecule has 0 aromatic heterocycles. The van der Waals surface area contributed by atoms with Gasteiger partial charge in [-0.15, -0.1) is 0 Å². The average molecular weight is 284 g/mol. The Bertz CT molecular complexity index is 323. The fourth-order valence-corrected chi connectivity index (χ4v) is 5.40. The van der Waals surface area contributed by atoms with E-state index in [1.165, 1.54) is 43.6 Å². The van der Waals surface area contributed by atoms with Crippen LogP contribution in [0.3, 0.4) is 0 Å². The van der Waals surface area contributed by atoms with Crippen molar-refractivity contribution >= 4 is 11.8 Å². The molecule has 0 amide bonds. The second kappa shape index (κ2) is 5.21. The summed E-state index contributed by atoms with van der Waals surface area (Å²) in [7, 11) is 0. The van der Waals surface area contributed by atoms with Crippen molar-refractivity contribution in [1.29, 1.82) is 0 Å². The van der Waals surface area contributed by atoms with Gasteiger partial charge < -0.3 is 4.74 Å². The Morgan fingerprint density at radius 1 is 1.26 bits per heavy atom. The molecule has 4 heteroatoms. The largest absolute Gasteiger partial charge is 0.375 e. The van der Waals surface area contributed by atoms with Gasteiger partial charge >= 0.3 is 0 Å². The van der Waals surface area contributed by atoms with E-state index in [1.54, 1.807) is 0 Å². The van der Waals surface area contributed by atoms with Crippen LogP contribution >= 0.6 is 11.8 Å². The molecule has 2 aliphatic heterocycles. The van der Waals surface area contributed by atoms with Gasteiger partial charge in [-0.3, -0.25) is 11.3 Å². The number of nitrogens with two attached hydrogens (primary N) is 1. The van der Waals surface area contributed by atoms with Gasteiger partial charge in [0.2, 0.25) is 0 Å². The lowest BCUT2D eigenvalue weighted by Gasteiger charge is -2.45. The Morgan fingerprint density at radius 3 is 2.53 bits per heavy atom. The number of hydrogen-bond acceptors (Lipinski definition) is 4. The SMILES string of the molecule is CC1(C)CC1C(NN)C1CCOC2(CCSCC2)C1. The molecule has 3 unspecified atom stereocenters. The van der Waals surface area contributed by atoms with Crippen LogP contribution in [0, 0.1) is 17.3 Å². The van der Waals surface area contributed by atoms with Gasteiger partial charge in [-0.2, -0.15) is 11.8 Å². The Morgan fingerprint density at radius 2 is 1.95 bits per heavy atom. The maximum Gasteiger partial charge on any atom is 0.0701 e. The highest BCUT2D eigenvalue weighted by Gasteiger charge is 2.53.